The molecule has 0 unspecified atom stereocenters. The van der Waals surface area contributed by atoms with Gasteiger partial charge in [0.15, 0.2) is 16.1 Å². The monoisotopic (exact) mass is 289 g/mol. The molecule has 0 aliphatic carbocycles. The van der Waals surface area contributed by atoms with Crippen molar-refractivity contribution in [2.45, 2.75) is 6.92 Å². The largest absolute Gasteiger partial charge is 0.348 e. The summed E-state index contributed by atoms with van der Waals surface area (Å²) >= 11 is 11.4. The van der Waals surface area contributed by atoms with Gasteiger partial charge in [-0.15, -0.1) is 10.2 Å². The second-order valence-corrected chi connectivity index (χ2v) is 4.30. The Kier molecular flexibility index (Phi) is 3.63. The molecule has 2 rings (SSSR count). The molecule has 0 atom stereocenters. The topological polar surface area (TPSA) is 37.8 Å². The maximum atomic E-state index is 13.8. The van der Waals surface area contributed by atoms with Crippen LogP contribution >= 0.6 is 23.2 Å². The average Bonchev–Trinajstić information content (AvgIpc) is 2.34. The Bertz CT molecular complexity index is 605. The van der Waals surface area contributed by atoms with Crippen molar-refractivity contribution in [3.8, 4) is 0 Å². The van der Waals surface area contributed by atoms with Gasteiger partial charge in [0.05, 0.1) is 5.69 Å². The molecule has 0 bridgehead atoms. The molecule has 18 heavy (non-hydrogen) atoms. The molecule has 0 radical (unpaired) electrons. The number of hydrogen-bond donors (Lipinski definition) is 1. The van der Waals surface area contributed by atoms with Gasteiger partial charge in [0, 0.05) is 6.07 Å². The third-order valence-electron chi connectivity index (χ3n) is 2.26. The van der Waals surface area contributed by atoms with Crippen LogP contribution in [0.4, 0.5) is 20.2 Å². The van der Waals surface area contributed by atoms with Crippen LogP contribution < -0.4 is 5.32 Å². The molecule has 0 amide bonds. The summed E-state index contributed by atoms with van der Waals surface area (Å²) in [6, 6.07) is 3.83. The fourth-order valence-corrected chi connectivity index (χ4v) is 1.63. The molecule has 0 aliphatic heterocycles. The smallest absolute Gasteiger partial charge is 0.175 e. The van der Waals surface area contributed by atoms with E-state index in [1.54, 1.807) is 0 Å². The highest BCUT2D eigenvalue weighted by Crippen LogP contribution is 2.29. The van der Waals surface area contributed by atoms with Crippen molar-refractivity contribution < 1.29 is 8.78 Å². The number of nitrogens with one attached hydrogen (secondary N) is 1. The second kappa shape index (κ2) is 5.04. The molecular formula is C11H7Cl2F2N3. The molecular weight excluding hydrogens is 283 g/mol. The Morgan fingerprint density at radius 1 is 1.17 bits per heavy atom. The van der Waals surface area contributed by atoms with Crippen LogP contribution in [0, 0.1) is 18.6 Å². The lowest BCUT2D eigenvalue weighted by atomic mass is 10.2. The summed E-state index contributed by atoms with van der Waals surface area (Å²) in [7, 11) is 0. The van der Waals surface area contributed by atoms with Crippen molar-refractivity contribution in [3.05, 3.63) is 45.7 Å². The number of benzene rings is 1. The van der Waals surface area contributed by atoms with Gasteiger partial charge in [-0.2, -0.15) is 0 Å². The van der Waals surface area contributed by atoms with Crippen LogP contribution in [0.1, 0.15) is 5.56 Å². The van der Waals surface area contributed by atoms with Gasteiger partial charge >= 0.3 is 0 Å². The lowest BCUT2D eigenvalue weighted by Crippen LogP contribution is -2.01. The molecule has 0 aliphatic rings. The van der Waals surface area contributed by atoms with Crippen molar-refractivity contribution in [2.24, 2.45) is 0 Å². The third-order valence-corrected chi connectivity index (χ3v) is 2.73. The van der Waals surface area contributed by atoms with Crippen LogP contribution in [0.5, 0.6) is 0 Å². The first-order chi connectivity index (χ1) is 8.49. The van der Waals surface area contributed by atoms with Gasteiger partial charge in [-0.05, 0) is 18.6 Å². The highest BCUT2D eigenvalue weighted by molar-refractivity contribution is 6.33. The Balaban J connectivity index is 2.46. The van der Waals surface area contributed by atoms with Crippen molar-refractivity contribution in [1.82, 2.24) is 10.2 Å². The van der Waals surface area contributed by atoms with Gasteiger partial charge in [0.25, 0.3) is 0 Å². The molecule has 0 saturated carbocycles. The van der Waals surface area contributed by atoms with E-state index in [1.165, 1.54) is 19.1 Å². The Hall–Kier alpha value is -1.46. The highest BCUT2D eigenvalue weighted by atomic mass is 35.5. The van der Waals surface area contributed by atoms with E-state index in [9.17, 15) is 8.78 Å². The first kappa shape index (κ1) is 13.0. The van der Waals surface area contributed by atoms with E-state index < -0.39 is 11.6 Å². The van der Waals surface area contributed by atoms with Gasteiger partial charge in [0.2, 0.25) is 0 Å². The van der Waals surface area contributed by atoms with Gasteiger partial charge in [0.1, 0.15) is 11.5 Å². The van der Waals surface area contributed by atoms with Crippen molar-refractivity contribution in [3.63, 3.8) is 0 Å². The Labute approximate surface area is 112 Å². The predicted octanol–water partition coefficient (Wildman–Crippen LogP) is 4.11. The van der Waals surface area contributed by atoms with E-state index in [0.717, 1.165) is 6.07 Å². The maximum Gasteiger partial charge on any atom is 0.175 e. The first-order valence-corrected chi connectivity index (χ1v) is 5.65. The van der Waals surface area contributed by atoms with Crippen molar-refractivity contribution in [2.75, 3.05) is 5.32 Å². The second-order valence-electron chi connectivity index (χ2n) is 3.55. The summed E-state index contributed by atoms with van der Waals surface area (Å²) in [5.41, 5.74) is 0.184. The normalized spacial score (nSPS) is 10.5. The van der Waals surface area contributed by atoms with Crippen molar-refractivity contribution in [1.29, 1.82) is 0 Å². The fourth-order valence-electron chi connectivity index (χ4n) is 1.35. The first-order valence-electron chi connectivity index (χ1n) is 4.89. The summed E-state index contributed by atoms with van der Waals surface area (Å²) in [5.74, 6) is -1.43. The number of nitrogens with zero attached hydrogens (tertiary/aromatic N) is 2. The zero-order chi connectivity index (χ0) is 13.3. The van der Waals surface area contributed by atoms with Crippen LogP contribution in [0.3, 0.4) is 0 Å². The van der Waals surface area contributed by atoms with Crippen LogP contribution in [-0.2, 0) is 0 Å². The molecule has 94 valence electrons. The number of rotatable bonds is 2. The molecule has 1 N–H and O–H groups in total. The summed E-state index contributed by atoms with van der Waals surface area (Å²) < 4.78 is 27.3. The molecule has 0 fully saturated rings. The van der Waals surface area contributed by atoms with Crippen LogP contribution in [0.25, 0.3) is 0 Å². The molecule has 7 heteroatoms. The minimum Gasteiger partial charge on any atom is -0.348 e. The standard InChI is InChI=1S/C11H7Cl2F2N3/c1-5-2-3-6(14)10(9(5)15)16-7-4-8(12)17-18-11(7)13/h2-4H,1H3,(H,16,17). The minimum atomic E-state index is -0.734. The summed E-state index contributed by atoms with van der Waals surface area (Å²) in [4.78, 5) is 0. The zero-order valence-electron chi connectivity index (χ0n) is 9.14. The van der Waals surface area contributed by atoms with Gasteiger partial charge in [-0.3, -0.25) is 0 Å². The summed E-state index contributed by atoms with van der Waals surface area (Å²) in [5, 5.41) is 9.59. The van der Waals surface area contributed by atoms with Gasteiger partial charge in [-0.1, -0.05) is 29.3 Å². The number of aromatic nitrogens is 2. The zero-order valence-corrected chi connectivity index (χ0v) is 10.7. The SMILES string of the molecule is Cc1ccc(F)c(Nc2cc(Cl)nnc2Cl)c1F. The van der Waals surface area contributed by atoms with E-state index in [0.29, 0.717) is 5.56 Å². The predicted molar refractivity (Wildman–Crippen MR) is 66.4 cm³/mol. The average molecular weight is 290 g/mol. The third kappa shape index (κ3) is 2.52. The van der Waals surface area contributed by atoms with Crippen LogP contribution in [0.2, 0.25) is 10.3 Å². The Morgan fingerprint density at radius 3 is 2.61 bits per heavy atom. The molecule has 1 aromatic heterocycles. The van der Waals surface area contributed by atoms with Crippen molar-refractivity contribution >= 4 is 34.6 Å². The molecule has 0 saturated heterocycles. The number of aryl methyl sites for hydroxylation is 1. The lowest BCUT2D eigenvalue weighted by molar-refractivity contribution is 0.585. The van der Waals surface area contributed by atoms with Crippen LogP contribution in [-0.4, -0.2) is 10.2 Å². The van der Waals surface area contributed by atoms with Crippen LogP contribution in [0.15, 0.2) is 18.2 Å². The molecule has 1 aromatic carbocycles. The quantitative estimate of drug-likeness (QED) is 0.904. The highest BCUT2D eigenvalue weighted by Gasteiger charge is 2.14. The van der Waals surface area contributed by atoms with E-state index in [1.807, 2.05) is 0 Å². The molecule has 3 nitrogen and oxygen atoms in total. The fraction of sp³-hybridized carbons (Fsp3) is 0.0909. The van der Waals surface area contributed by atoms with E-state index >= 15 is 0 Å². The molecule has 1 heterocycles. The maximum absolute atomic E-state index is 13.8. The van der Waals surface area contributed by atoms with Gasteiger partial charge < -0.3 is 5.32 Å². The Morgan fingerprint density at radius 2 is 1.89 bits per heavy atom. The number of halogens is 4. The van der Waals surface area contributed by atoms with E-state index in [4.69, 9.17) is 23.2 Å². The summed E-state index contributed by atoms with van der Waals surface area (Å²) in [6.45, 7) is 1.53. The number of hydrogen-bond acceptors (Lipinski definition) is 3. The summed E-state index contributed by atoms with van der Waals surface area (Å²) in [6.07, 6.45) is 0. The van der Waals surface area contributed by atoms with Gasteiger partial charge in [-0.25, -0.2) is 8.78 Å². The minimum absolute atomic E-state index is 0.0280. The van der Waals surface area contributed by atoms with E-state index in [-0.39, 0.29) is 21.7 Å². The van der Waals surface area contributed by atoms with E-state index in [2.05, 4.69) is 15.5 Å². The molecule has 2 aromatic rings. The molecule has 0 spiro atoms. The lowest BCUT2D eigenvalue weighted by Gasteiger charge is -2.10. The number of anilines is 2.